The van der Waals surface area contributed by atoms with Gasteiger partial charge in [0.1, 0.15) is 5.82 Å². The predicted octanol–water partition coefficient (Wildman–Crippen LogP) is 1.84. The van der Waals surface area contributed by atoms with Gasteiger partial charge in [0.25, 0.3) is 0 Å². The van der Waals surface area contributed by atoms with Gasteiger partial charge in [0.2, 0.25) is 10.0 Å². The second-order valence-electron chi connectivity index (χ2n) is 2.24. The molecule has 0 aliphatic rings. The van der Waals surface area contributed by atoms with Crippen LogP contribution in [0.1, 0.15) is 0 Å². The number of halogens is 3. The highest BCUT2D eigenvalue weighted by molar-refractivity contribution is 14.1. The van der Waals surface area contributed by atoms with Crippen molar-refractivity contribution in [3.05, 3.63) is 26.0 Å². The molecule has 0 heterocycles. The third-order valence-electron chi connectivity index (χ3n) is 1.28. The van der Waals surface area contributed by atoms with Crippen molar-refractivity contribution in [3.63, 3.8) is 0 Å². The van der Waals surface area contributed by atoms with Crippen molar-refractivity contribution in [2.45, 2.75) is 4.90 Å². The topological polar surface area (TPSA) is 60.2 Å². The molecule has 0 aliphatic carbocycles. The molecule has 0 aromatic heterocycles. The van der Waals surface area contributed by atoms with E-state index in [9.17, 15) is 12.8 Å². The van der Waals surface area contributed by atoms with Crippen LogP contribution < -0.4 is 5.14 Å². The lowest BCUT2D eigenvalue weighted by atomic mass is 10.3. The third-order valence-corrected chi connectivity index (χ3v) is 4.10. The van der Waals surface area contributed by atoms with Gasteiger partial charge >= 0.3 is 0 Å². The maximum atomic E-state index is 12.9. The number of benzene rings is 1. The Hall–Kier alpha value is 0.270. The normalized spacial score (nSPS) is 11.7. The summed E-state index contributed by atoms with van der Waals surface area (Å²) in [6.07, 6.45) is 0. The Morgan fingerprint density at radius 1 is 1.46 bits per heavy atom. The SMILES string of the molecule is NS(=O)(=O)c1cc(Br)c(F)cc1I. The third kappa shape index (κ3) is 2.61. The first kappa shape index (κ1) is 11.3. The fourth-order valence-electron chi connectivity index (χ4n) is 0.722. The van der Waals surface area contributed by atoms with E-state index in [-0.39, 0.29) is 12.9 Å². The Balaban J connectivity index is 3.50. The summed E-state index contributed by atoms with van der Waals surface area (Å²) in [5.41, 5.74) is 0. The minimum absolute atomic E-state index is 0.0805. The van der Waals surface area contributed by atoms with E-state index in [1.54, 1.807) is 22.6 Å². The zero-order valence-corrected chi connectivity index (χ0v) is 10.7. The second-order valence-corrected chi connectivity index (χ2v) is 5.79. The number of hydrogen-bond donors (Lipinski definition) is 1. The van der Waals surface area contributed by atoms with Crippen molar-refractivity contribution in [1.82, 2.24) is 0 Å². The molecule has 0 unspecified atom stereocenters. The molecule has 1 rings (SSSR count). The first-order valence-corrected chi connectivity index (χ1v) is 6.41. The molecular formula is C6H4BrFINO2S. The molecule has 0 saturated heterocycles. The summed E-state index contributed by atoms with van der Waals surface area (Å²) >= 11 is 4.58. The molecule has 0 spiro atoms. The fraction of sp³-hybridized carbons (Fsp3) is 0. The summed E-state index contributed by atoms with van der Waals surface area (Å²) in [5, 5.41) is 4.90. The second kappa shape index (κ2) is 3.79. The van der Waals surface area contributed by atoms with Crippen molar-refractivity contribution in [2.75, 3.05) is 0 Å². The minimum atomic E-state index is -3.78. The molecule has 3 nitrogen and oxygen atoms in total. The molecule has 0 bridgehead atoms. The van der Waals surface area contributed by atoms with Crippen molar-refractivity contribution >= 4 is 48.5 Å². The molecular weight excluding hydrogens is 376 g/mol. The summed E-state index contributed by atoms with van der Waals surface area (Å²) in [6.45, 7) is 0. The highest BCUT2D eigenvalue weighted by Gasteiger charge is 2.15. The standard InChI is InChI=1S/C6H4BrFINO2S/c7-3-1-6(13(10,11)12)5(9)2-4(3)8/h1-2H,(H2,10,11,12). The van der Waals surface area contributed by atoms with E-state index in [1.165, 1.54) is 0 Å². The lowest BCUT2D eigenvalue weighted by Crippen LogP contribution is -2.14. The van der Waals surface area contributed by atoms with E-state index >= 15 is 0 Å². The van der Waals surface area contributed by atoms with Gasteiger partial charge < -0.3 is 0 Å². The van der Waals surface area contributed by atoms with Gasteiger partial charge in [-0.3, -0.25) is 0 Å². The molecule has 0 fully saturated rings. The highest BCUT2D eigenvalue weighted by atomic mass is 127. The zero-order chi connectivity index (χ0) is 10.2. The number of rotatable bonds is 1. The molecule has 1 aromatic rings. The van der Waals surface area contributed by atoms with Gasteiger partial charge in [-0.05, 0) is 50.7 Å². The van der Waals surface area contributed by atoms with Crippen LogP contribution in [0.3, 0.4) is 0 Å². The van der Waals surface area contributed by atoms with Gasteiger partial charge in [0.05, 0.1) is 9.37 Å². The lowest BCUT2D eigenvalue weighted by Gasteiger charge is -2.02. The summed E-state index contributed by atoms with van der Waals surface area (Å²) in [6, 6.07) is 2.25. The van der Waals surface area contributed by atoms with Crippen LogP contribution >= 0.6 is 38.5 Å². The first-order chi connectivity index (χ1) is 5.82. The fourth-order valence-corrected chi connectivity index (χ4v) is 3.18. The van der Waals surface area contributed by atoms with E-state index in [2.05, 4.69) is 15.9 Å². The van der Waals surface area contributed by atoms with Crippen molar-refractivity contribution < 1.29 is 12.8 Å². The maximum absolute atomic E-state index is 12.9. The Bertz CT molecular complexity index is 448. The van der Waals surface area contributed by atoms with Crippen LogP contribution in [0.4, 0.5) is 4.39 Å². The van der Waals surface area contributed by atoms with Gasteiger partial charge in [0.15, 0.2) is 0 Å². The van der Waals surface area contributed by atoms with Gasteiger partial charge in [-0.15, -0.1) is 0 Å². The summed E-state index contributed by atoms with van der Waals surface area (Å²) < 4.78 is 35.1. The lowest BCUT2D eigenvalue weighted by molar-refractivity contribution is 0.594. The number of hydrogen-bond acceptors (Lipinski definition) is 2. The van der Waals surface area contributed by atoms with Crippen molar-refractivity contribution in [1.29, 1.82) is 0 Å². The van der Waals surface area contributed by atoms with E-state index < -0.39 is 15.8 Å². The quantitative estimate of drug-likeness (QED) is 0.597. The van der Waals surface area contributed by atoms with Crippen LogP contribution in [-0.2, 0) is 10.0 Å². The molecule has 7 heteroatoms. The number of nitrogens with two attached hydrogens (primary N) is 1. The first-order valence-electron chi connectivity index (χ1n) is 2.99. The van der Waals surface area contributed by atoms with Crippen LogP contribution in [0.25, 0.3) is 0 Å². The Kier molecular flexibility index (Phi) is 3.31. The molecule has 0 aliphatic heterocycles. The summed E-state index contributed by atoms with van der Waals surface area (Å²) in [5.74, 6) is -0.517. The van der Waals surface area contributed by atoms with Crippen LogP contribution in [0, 0.1) is 9.39 Å². The minimum Gasteiger partial charge on any atom is -0.225 e. The highest BCUT2D eigenvalue weighted by Crippen LogP contribution is 2.24. The maximum Gasteiger partial charge on any atom is 0.239 e. The van der Waals surface area contributed by atoms with E-state index in [0.29, 0.717) is 0 Å². The van der Waals surface area contributed by atoms with Gasteiger partial charge in [0, 0.05) is 3.57 Å². The van der Waals surface area contributed by atoms with Crippen LogP contribution in [0.5, 0.6) is 0 Å². The monoisotopic (exact) mass is 379 g/mol. The number of sulfonamides is 1. The van der Waals surface area contributed by atoms with Crippen molar-refractivity contribution in [2.24, 2.45) is 5.14 Å². The van der Waals surface area contributed by atoms with Gasteiger partial charge in [-0.1, -0.05) is 0 Å². The predicted molar refractivity (Wildman–Crippen MR) is 58.2 cm³/mol. The van der Waals surface area contributed by atoms with Gasteiger partial charge in [-0.25, -0.2) is 17.9 Å². The van der Waals surface area contributed by atoms with Crippen LogP contribution in [-0.4, -0.2) is 8.42 Å². The molecule has 72 valence electrons. The molecule has 0 atom stereocenters. The Morgan fingerprint density at radius 3 is 2.46 bits per heavy atom. The summed E-state index contributed by atoms with van der Waals surface area (Å²) in [7, 11) is -3.78. The van der Waals surface area contributed by atoms with Crippen molar-refractivity contribution in [3.8, 4) is 0 Å². The molecule has 13 heavy (non-hydrogen) atoms. The average molecular weight is 380 g/mol. The Labute approximate surface area is 96.8 Å². The summed E-state index contributed by atoms with van der Waals surface area (Å²) in [4.78, 5) is -0.0821. The molecule has 2 N–H and O–H groups in total. The molecule has 1 aromatic carbocycles. The largest absolute Gasteiger partial charge is 0.239 e. The smallest absolute Gasteiger partial charge is 0.225 e. The number of primary sulfonamides is 1. The van der Waals surface area contributed by atoms with Gasteiger partial charge in [-0.2, -0.15) is 0 Å². The average Bonchev–Trinajstić information content (AvgIpc) is 1.94. The van der Waals surface area contributed by atoms with E-state index in [4.69, 9.17) is 5.14 Å². The molecule has 0 saturated carbocycles. The molecule has 0 amide bonds. The zero-order valence-electron chi connectivity index (χ0n) is 6.09. The van der Waals surface area contributed by atoms with Crippen LogP contribution in [0.15, 0.2) is 21.5 Å². The van der Waals surface area contributed by atoms with E-state index in [0.717, 1.165) is 12.1 Å². The van der Waals surface area contributed by atoms with Crippen LogP contribution in [0.2, 0.25) is 0 Å². The molecule has 0 radical (unpaired) electrons. The Morgan fingerprint density at radius 2 is 2.00 bits per heavy atom. The van der Waals surface area contributed by atoms with E-state index in [1.807, 2.05) is 0 Å².